The Morgan fingerprint density at radius 1 is 1.44 bits per heavy atom. The SMILES string of the molecule is Cc1cc(CNC(C)c2ccco2)c(C)s1. The minimum atomic E-state index is 0.259. The van der Waals surface area contributed by atoms with Crippen LogP contribution in [0.15, 0.2) is 28.9 Å². The van der Waals surface area contributed by atoms with Crippen molar-refractivity contribution in [3.8, 4) is 0 Å². The average Bonchev–Trinajstić information content (AvgIpc) is 2.84. The highest BCUT2D eigenvalue weighted by molar-refractivity contribution is 7.12. The van der Waals surface area contributed by atoms with Crippen LogP contribution >= 0.6 is 11.3 Å². The van der Waals surface area contributed by atoms with Crippen LogP contribution in [0.5, 0.6) is 0 Å². The van der Waals surface area contributed by atoms with Gasteiger partial charge in [-0.2, -0.15) is 0 Å². The number of hydrogen-bond acceptors (Lipinski definition) is 3. The number of hydrogen-bond donors (Lipinski definition) is 1. The molecule has 0 saturated carbocycles. The van der Waals surface area contributed by atoms with E-state index in [2.05, 4.69) is 32.2 Å². The maximum Gasteiger partial charge on any atom is 0.120 e. The smallest absolute Gasteiger partial charge is 0.120 e. The maximum absolute atomic E-state index is 5.36. The summed E-state index contributed by atoms with van der Waals surface area (Å²) in [4.78, 5) is 2.77. The molecular weight excluding hydrogens is 218 g/mol. The van der Waals surface area contributed by atoms with Crippen LogP contribution in [0, 0.1) is 13.8 Å². The Kier molecular flexibility index (Phi) is 3.46. The molecule has 86 valence electrons. The van der Waals surface area contributed by atoms with Gasteiger partial charge in [-0.1, -0.05) is 0 Å². The number of rotatable bonds is 4. The van der Waals surface area contributed by atoms with Crippen molar-refractivity contribution in [2.45, 2.75) is 33.4 Å². The molecule has 0 saturated heterocycles. The van der Waals surface area contributed by atoms with Gasteiger partial charge in [0.05, 0.1) is 12.3 Å². The van der Waals surface area contributed by atoms with E-state index in [0.29, 0.717) is 0 Å². The van der Waals surface area contributed by atoms with Crippen molar-refractivity contribution in [2.75, 3.05) is 0 Å². The molecule has 2 aromatic heterocycles. The first kappa shape index (κ1) is 11.4. The first-order valence-corrected chi connectivity index (χ1v) is 6.31. The van der Waals surface area contributed by atoms with Gasteiger partial charge in [-0.25, -0.2) is 0 Å². The van der Waals surface area contributed by atoms with E-state index >= 15 is 0 Å². The van der Waals surface area contributed by atoms with Gasteiger partial charge in [-0.15, -0.1) is 11.3 Å². The highest BCUT2D eigenvalue weighted by Crippen LogP contribution is 2.21. The highest BCUT2D eigenvalue weighted by atomic mass is 32.1. The van der Waals surface area contributed by atoms with Crippen LogP contribution in [0.1, 0.15) is 34.0 Å². The fourth-order valence-electron chi connectivity index (χ4n) is 1.76. The van der Waals surface area contributed by atoms with Gasteiger partial charge in [0.2, 0.25) is 0 Å². The summed E-state index contributed by atoms with van der Waals surface area (Å²) in [5.74, 6) is 0.990. The number of thiophene rings is 1. The molecule has 0 amide bonds. The molecule has 2 aromatic rings. The average molecular weight is 235 g/mol. The van der Waals surface area contributed by atoms with Crippen molar-refractivity contribution >= 4 is 11.3 Å². The summed E-state index contributed by atoms with van der Waals surface area (Å²) in [6.45, 7) is 7.34. The fourth-order valence-corrected chi connectivity index (χ4v) is 2.71. The molecule has 0 radical (unpaired) electrons. The van der Waals surface area contributed by atoms with Crippen molar-refractivity contribution < 1.29 is 4.42 Å². The van der Waals surface area contributed by atoms with Gasteiger partial charge in [-0.3, -0.25) is 0 Å². The van der Waals surface area contributed by atoms with Crippen LogP contribution in [-0.2, 0) is 6.54 Å². The van der Waals surface area contributed by atoms with Gasteiger partial charge < -0.3 is 9.73 Å². The second kappa shape index (κ2) is 4.85. The molecule has 3 heteroatoms. The highest BCUT2D eigenvalue weighted by Gasteiger charge is 2.09. The summed E-state index contributed by atoms with van der Waals surface area (Å²) in [5, 5.41) is 3.47. The zero-order chi connectivity index (χ0) is 11.5. The predicted molar refractivity (Wildman–Crippen MR) is 67.8 cm³/mol. The Hall–Kier alpha value is -1.06. The van der Waals surface area contributed by atoms with Gasteiger partial charge in [0.1, 0.15) is 5.76 Å². The second-order valence-corrected chi connectivity index (χ2v) is 5.52. The molecule has 0 fully saturated rings. The number of furan rings is 1. The third-order valence-corrected chi connectivity index (χ3v) is 3.72. The molecule has 1 N–H and O–H groups in total. The molecular formula is C13H17NOS. The van der Waals surface area contributed by atoms with E-state index in [0.717, 1.165) is 12.3 Å². The molecule has 0 spiro atoms. The molecule has 0 aliphatic heterocycles. The summed E-state index contributed by atoms with van der Waals surface area (Å²) in [5.41, 5.74) is 1.39. The lowest BCUT2D eigenvalue weighted by Gasteiger charge is -2.10. The standard InChI is InChI=1S/C13H17NOS/c1-9-7-12(11(3)16-9)8-14-10(2)13-5-4-6-15-13/h4-7,10,14H,8H2,1-3H3. The summed E-state index contributed by atoms with van der Waals surface area (Å²) < 4.78 is 5.36. The topological polar surface area (TPSA) is 25.2 Å². The van der Waals surface area contributed by atoms with E-state index in [1.54, 1.807) is 6.26 Å². The van der Waals surface area contributed by atoms with Crippen molar-refractivity contribution in [1.82, 2.24) is 5.32 Å². The Morgan fingerprint density at radius 3 is 2.81 bits per heavy atom. The van der Waals surface area contributed by atoms with E-state index in [-0.39, 0.29) is 6.04 Å². The molecule has 0 aromatic carbocycles. The van der Waals surface area contributed by atoms with Crippen LogP contribution in [0.4, 0.5) is 0 Å². The summed E-state index contributed by atoms with van der Waals surface area (Å²) >= 11 is 1.85. The predicted octanol–water partition coefficient (Wildman–Crippen LogP) is 3.81. The van der Waals surface area contributed by atoms with Crippen LogP contribution in [-0.4, -0.2) is 0 Å². The molecule has 1 unspecified atom stereocenters. The van der Waals surface area contributed by atoms with Gasteiger partial charge in [-0.05, 0) is 44.5 Å². The lowest BCUT2D eigenvalue weighted by molar-refractivity contribution is 0.430. The molecule has 0 aliphatic carbocycles. The van der Waals surface area contributed by atoms with E-state index in [1.165, 1.54) is 15.3 Å². The third kappa shape index (κ3) is 2.54. The summed E-state index contributed by atoms with van der Waals surface area (Å²) in [7, 11) is 0. The summed E-state index contributed by atoms with van der Waals surface area (Å²) in [6.07, 6.45) is 1.72. The van der Waals surface area contributed by atoms with E-state index in [1.807, 2.05) is 23.5 Å². The van der Waals surface area contributed by atoms with Crippen LogP contribution in [0.2, 0.25) is 0 Å². The quantitative estimate of drug-likeness (QED) is 0.871. The molecule has 0 bridgehead atoms. The largest absolute Gasteiger partial charge is 0.468 e. The van der Waals surface area contributed by atoms with Crippen molar-refractivity contribution in [3.63, 3.8) is 0 Å². The van der Waals surface area contributed by atoms with Crippen LogP contribution in [0.25, 0.3) is 0 Å². The first-order valence-electron chi connectivity index (χ1n) is 5.49. The van der Waals surface area contributed by atoms with E-state index in [4.69, 9.17) is 4.42 Å². The van der Waals surface area contributed by atoms with Gasteiger partial charge in [0.15, 0.2) is 0 Å². The lowest BCUT2D eigenvalue weighted by atomic mass is 10.2. The van der Waals surface area contributed by atoms with Gasteiger partial charge in [0, 0.05) is 16.3 Å². The Bertz CT molecular complexity index is 444. The third-order valence-electron chi connectivity index (χ3n) is 2.71. The minimum Gasteiger partial charge on any atom is -0.468 e. The van der Waals surface area contributed by atoms with E-state index < -0.39 is 0 Å². The second-order valence-electron chi connectivity index (χ2n) is 4.06. The molecule has 1 atom stereocenters. The molecule has 2 nitrogen and oxygen atoms in total. The number of aryl methyl sites for hydroxylation is 2. The molecule has 0 aliphatic rings. The number of nitrogens with one attached hydrogen (secondary N) is 1. The molecule has 16 heavy (non-hydrogen) atoms. The minimum absolute atomic E-state index is 0.259. The molecule has 2 rings (SSSR count). The van der Waals surface area contributed by atoms with Crippen LogP contribution in [0.3, 0.4) is 0 Å². The van der Waals surface area contributed by atoms with Crippen molar-refractivity contribution in [1.29, 1.82) is 0 Å². The summed E-state index contributed by atoms with van der Waals surface area (Å²) in [6, 6.07) is 6.44. The Labute approximate surface area is 100 Å². The van der Waals surface area contributed by atoms with Gasteiger partial charge >= 0.3 is 0 Å². The maximum atomic E-state index is 5.36. The first-order chi connectivity index (χ1) is 7.66. The normalized spacial score (nSPS) is 12.9. The zero-order valence-electron chi connectivity index (χ0n) is 9.91. The zero-order valence-corrected chi connectivity index (χ0v) is 10.7. The monoisotopic (exact) mass is 235 g/mol. The fraction of sp³-hybridized carbons (Fsp3) is 0.385. The van der Waals surface area contributed by atoms with Gasteiger partial charge in [0.25, 0.3) is 0 Å². The Morgan fingerprint density at radius 2 is 2.25 bits per heavy atom. The molecule has 2 heterocycles. The Balaban J connectivity index is 1.95. The van der Waals surface area contributed by atoms with Crippen LogP contribution < -0.4 is 5.32 Å². The van der Waals surface area contributed by atoms with Crippen molar-refractivity contribution in [2.24, 2.45) is 0 Å². The lowest BCUT2D eigenvalue weighted by Crippen LogP contribution is -2.17. The van der Waals surface area contributed by atoms with Crippen molar-refractivity contribution in [3.05, 3.63) is 45.5 Å². The van der Waals surface area contributed by atoms with E-state index in [9.17, 15) is 0 Å².